The second-order valence-corrected chi connectivity index (χ2v) is 7.50. The van der Waals surface area contributed by atoms with E-state index in [-0.39, 0.29) is 0 Å². The maximum atomic E-state index is 9.86. The molecule has 1 aromatic carbocycles. The minimum Gasteiger partial charge on any atom is -0.472 e. The molecule has 154 valence electrons. The van der Waals surface area contributed by atoms with Crippen molar-refractivity contribution >= 4 is 23.0 Å². The van der Waals surface area contributed by atoms with Gasteiger partial charge in [-0.15, -0.1) is 16.4 Å². The molecule has 0 fully saturated rings. The first kappa shape index (κ1) is 20.2. The Kier molecular flexibility index (Phi) is 5.93. The lowest BCUT2D eigenvalue weighted by atomic mass is 10.0. The Labute approximate surface area is 182 Å². The largest absolute Gasteiger partial charge is 0.472 e. The molecule has 9 heteroatoms. The van der Waals surface area contributed by atoms with E-state index in [0.717, 1.165) is 32.8 Å². The summed E-state index contributed by atoms with van der Waals surface area (Å²) in [6.45, 7) is 0.479. The fraction of sp³-hybridized carbons (Fsp3) is 0.0455. The third-order valence-corrected chi connectivity index (χ3v) is 5.52. The maximum Gasteiger partial charge on any atom is 0.152 e. The van der Waals surface area contributed by atoms with Crippen LogP contribution in [0.1, 0.15) is 16.7 Å². The first-order valence-electron chi connectivity index (χ1n) is 9.33. The highest BCUT2D eigenvalue weighted by atomic mass is 32.1. The second kappa shape index (κ2) is 9.13. The van der Waals surface area contributed by atoms with Gasteiger partial charge in [-0.2, -0.15) is 5.26 Å². The maximum absolute atomic E-state index is 9.86. The smallest absolute Gasteiger partial charge is 0.152 e. The molecule has 0 radical (unpaired) electrons. The molecule has 4 rings (SSSR count). The number of rotatable bonds is 7. The number of aromatic nitrogens is 1. The monoisotopic (exact) mass is 429 g/mol. The van der Waals surface area contributed by atoms with Crippen LogP contribution in [0, 0.1) is 11.3 Å². The molecule has 3 heterocycles. The van der Waals surface area contributed by atoms with Crippen LogP contribution < -0.4 is 22.4 Å². The lowest BCUT2D eigenvalue weighted by molar-refractivity contribution is 0.568. The molecule has 4 aromatic rings. The Morgan fingerprint density at radius 2 is 2.06 bits per heavy atom. The van der Waals surface area contributed by atoms with E-state index >= 15 is 0 Å². The summed E-state index contributed by atoms with van der Waals surface area (Å²) in [6.07, 6.45) is 3.21. The number of hydrogen-bond donors (Lipinski definition) is 4. The number of thiophene rings is 1. The number of pyridine rings is 1. The van der Waals surface area contributed by atoms with Crippen LogP contribution in [0.15, 0.2) is 76.0 Å². The second-order valence-electron chi connectivity index (χ2n) is 6.56. The summed E-state index contributed by atoms with van der Waals surface area (Å²) in [5.74, 6) is 5.98. The van der Waals surface area contributed by atoms with Crippen molar-refractivity contribution in [3.05, 3.63) is 83.1 Å². The molecule has 0 aliphatic carbocycles. The lowest BCUT2D eigenvalue weighted by Gasteiger charge is -2.13. The highest BCUT2D eigenvalue weighted by Gasteiger charge is 2.16. The molecular formula is C22H19N7OS. The van der Waals surface area contributed by atoms with Gasteiger partial charge in [0.15, 0.2) is 5.84 Å². The predicted molar refractivity (Wildman–Crippen MR) is 122 cm³/mol. The Balaban J connectivity index is 1.66. The highest BCUT2D eigenvalue weighted by molar-refractivity contribution is 7.13. The van der Waals surface area contributed by atoms with Crippen molar-refractivity contribution in [2.45, 2.75) is 6.54 Å². The fourth-order valence-electron chi connectivity index (χ4n) is 3.10. The number of anilines is 1. The summed E-state index contributed by atoms with van der Waals surface area (Å²) in [7, 11) is 0. The van der Waals surface area contributed by atoms with Crippen LogP contribution in [0.3, 0.4) is 0 Å². The zero-order chi connectivity index (χ0) is 21.6. The first-order valence-corrected chi connectivity index (χ1v) is 10.2. The van der Waals surface area contributed by atoms with Crippen molar-refractivity contribution in [1.82, 2.24) is 10.5 Å². The molecule has 0 saturated heterocycles. The summed E-state index contributed by atoms with van der Waals surface area (Å²) in [6, 6.07) is 17.6. The first-order chi connectivity index (χ1) is 15.2. The third kappa shape index (κ3) is 4.40. The van der Waals surface area contributed by atoms with Gasteiger partial charge in [-0.05, 0) is 29.1 Å². The fourth-order valence-corrected chi connectivity index (χ4v) is 3.78. The van der Waals surface area contributed by atoms with E-state index in [9.17, 15) is 5.26 Å². The van der Waals surface area contributed by atoms with E-state index in [4.69, 9.17) is 21.0 Å². The van der Waals surface area contributed by atoms with Gasteiger partial charge in [0.25, 0.3) is 0 Å². The molecule has 0 unspecified atom stereocenters. The standard InChI is InChI=1S/C22H19N7OS/c23-11-18-17(16-7-8-30-13-16)10-19(20-2-1-9-31-20)27-22(18)26-12-14-3-5-15(6-4-14)21(24)28-29-25/h1-10,13,29H,12,25H2,(H2,24,28)(H,26,27). The lowest BCUT2D eigenvalue weighted by Crippen LogP contribution is -2.22. The highest BCUT2D eigenvalue weighted by Crippen LogP contribution is 2.34. The van der Waals surface area contributed by atoms with Gasteiger partial charge in [-0.25, -0.2) is 16.4 Å². The van der Waals surface area contributed by atoms with Crippen LogP contribution in [0.25, 0.3) is 21.7 Å². The van der Waals surface area contributed by atoms with Crippen molar-refractivity contribution in [2.75, 3.05) is 5.32 Å². The SMILES string of the molecule is N#Cc1c(-c2ccoc2)cc(-c2cccs2)nc1NCc1ccc(/C(N)=N/NN)cc1. The third-order valence-electron chi connectivity index (χ3n) is 4.63. The number of nitriles is 1. The number of hydrogen-bond acceptors (Lipinski definition) is 8. The molecule has 6 N–H and O–H groups in total. The van der Waals surface area contributed by atoms with E-state index in [1.165, 1.54) is 0 Å². The van der Waals surface area contributed by atoms with Crippen molar-refractivity contribution in [2.24, 2.45) is 16.7 Å². The molecular weight excluding hydrogens is 410 g/mol. The van der Waals surface area contributed by atoms with Gasteiger partial charge in [0.05, 0.1) is 23.1 Å². The molecule has 0 aliphatic rings. The van der Waals surface area contributed by atoms with Crippen LogP contribution in [0.4, 0.5) is 5.82 Å². The minimum absolute atomic E-state index is 0.295. The molecule has 0 spiro atoms. The summed E-state index contributed by atoms with van der Waals surface area (Å²) >= 11 is 1.59. The number of hydrazine groups is 1. The molecule has 31 heavy (non-hydrogen) atoms. The van der Waals surface area contributed by atoms with Gasteiger partial charge in [0.2, 0.25) is 0 Å². The van der Waals surface area contributed by atoms with Gasteiger partial charge < -0.3 is 15.5 Å². The van der Waals surface area contributed by atoms with Crippen LogP contribution in [0.5, 0.6) is 0 Å². The van der Waals surface area contributed by atoms with Gasteiger partial charge in [-0.3, -0.25) is 0 Å². The number of benzene rings is 1. The van der Waals surface area contributed by atoms with Gasteiger partial charge in [0.1, 0.15) is 17.5 Å². The summed E-state index contributed by atoms with van der Waals surface area (Å²) in [5.41, 5.74) is 12.6. The topological polar surface area (TPSA) is 138 Å². The molecule has 8 nitrogen and oxygen atoms in total. The van der Waals surface area contributed by atoms with E-state index in [1.54, 1.807) is 23.9 Å². The number of hydrazone groups is 1. The number of nitrogens with two attached hydrogens (primary N) is 2. The molecule has 0 aliphatic heterocycles. The summed E-state index contributed by atoms with van der Waals surface area (Å²) < 4.78 is 5.24. The average molecular weight is 430 g/mol. The number of nitrogens with one attached hydrogen (secondary N) is 2. The zero-order valence-electron chi connectivity index (χ0n) is 16.4. The van der Waals surface area contributed by atoms with Gasteiger partial charge in [0, 0.05) is 23.2 Å². The van der Waals surface area contributed by atoms with Crippen molar-refractivity contribution in [3.63, 3.8) is 0 Å². The van der Waals surface area contributed by atoms with Gasteiger partial charge >= 0.3 is 0 Å². The van der Waals surface area contributed by atoms with Crippen molar-refractivity contribution in [1.29, 1.82) is 5.26 Å². The minimum atomic E-state index is 0.295. The van der Waals surface area contributed by atoms with E-state index in [2.05, 4.69) is 22.0 Å². The van der Waals surface area contributed by atoms with Crippen molar-refractivity contribution < 1.29 is 4.42 Å². The molecule has 0 saturated carbocycles. The molecule has 0 amide bonds. The Morgan fingerprint density at radius 3 is 2.71 bits per heavy atom. The normalized spacial score (nSPS) is 11.2. The van der Waals surface area contributed by atoms with Crippen LogP contribution in [0.2, 0.25) is 0 Å². The Hall–Kier alpha value is -4.13. The number of furan rings is 1. The molecule has 0 atom stereocenters. The van der Waals surface area contributed by atoms with E-state index in [0.29, 0.717) is 23.8 Å². The molecule has 3 aromatic heterocycles. The van der Waals surface area contributed by atoms with E-state index in [1.807, 2.05) is 53.9 Å². The number of amidine groups is 1. The number of nitrogens with zero attached hydrogens (tertiary/aromatic N) is 3. The molecule has 0 bridgehead atoms. The van der Waals surface area contributed by atoms with Crippen LogP contribution in [-0.4, -0.2) is 10.8 Å². The van der Waals surface area contributed by atoms with Crippen LogP contribution in [-0.2, 0) is 6.54 Å². The van der Waals surface area contributed by atoms with Gasteiger partial charge in [-0.1, -0.05) is 30.3 Å². The van der Waals surface area contributed by atoms with E-state index < -0.39 is 0 Å². The summed E-state index contributed by atoms with van der Waals surface area (Å²) in [4.78, 5) is 5.75. The Bertz CT molecular complexity index is 1220. The predicted octanol–water partition coefficient (Wildman–Crippen LogP) is 3.64. The quantitative estimate of drug-likeness (QED) is 0.152. The zero-order valence-corrected chi connectivity index (χ0v) is 17.2. The Morgan fingerprint density at radius 1 is 1.23 bits per heavy atom. The van der Waals surface area contributed by atoms with Crippen LogP contribution >= 0.6 is 11.3 Å². The summed E-state index contributed by atoms with van der Waals surface area (Å²) in [5, 5.41) is 18.9. The average Bonchev–Trinajstić information content (AvgIpc) is 3.52. The van der Waals surface area contributed by atoms with Crippen molar-refractivity contribution in [3.8, 4) is 27.8 Å².